The summed E-state index contributed by atoms with van der Waals surface area (Å²) >= 11 is 3.23. The van der Waals surface area contributed by atoms with Gasteiger partial charge in [-0.3, -0.25) is 9.59 Å². The Bertz CT molecular complexity index is 246. The Morgan fingerprint density at radius 1 is 1.13 bits per heavy atom. The SMILES string of the molecule is CC(C)NC(=O)C(C)NC(=O)C(C)(C)Br. The molecule has 0 aromatic rings. The number of rotatable bonds is 4. The first-order valence-corrected chi connectivity index (χ1v) is 5.74. The third-order valence-electron chi connectivity index (χ3n) is 1.71. The normalized spacial score (nSPS) is 13.5. The van der Waals surface area contributed by atoms with E-state index in [0.717, 1.165) is 0 Å². The molecule has 2 amide bonds. The zero-order valence-electron chi connectivity index (χ0n) is 9.85. The van der Waals surface area contributed by atoms with Crippen molar-refractivity contribution >= 4 is 27.7 Å². The average molecular weight is 279 g/mol. The van der Waals surface area contributed by atoms with Crippen LogP contribution in [0.25, 0.3) is 0 Å². The summed E-state index contributed by atoms with van der Waals surface area (Å²) in [5.41, 5.74) is 0. The van der Waals surface area contributed by atoms with Crippen molar-refractivity contribution < 1.29 is 9.59 Å². The van der Waals surface area contributed by atoms with E-state index in [2.05, 4.69) is 26.6 Å². The standard InChI is InChI=1S/C10H19BrN2O2/c1-6(2)12-8(14)7(3)13-9(15)10(4,5)11/h6-7H,1-5H3,(H,12,14)(H,13,15). The lowest BCUT2D eigenvalue weighted by atomic mass is 10.2. The van der Waals surface area contributed by atoms with Crippen LogP contribution in [-0.2, 0) is 9.59 Å². The van der Waals surface area contributed by atoms with Gasteiger partial charge in [-0.1, -0.05) is 15.9 Å². The Kier molecular flexibility index (Phi) is 5.28. The third-order valence-corrected chi connectivity index (χ3v) is 2.07. The van der Waals surface area contributed by atoms with Gasteiger partial charge in [-0.2, -0.15) is 0 Å². The zero-order valence-corrected chi connectivity index (χ0v) is 11.4. The summed E-state index contributed by atoms with van der Waals surface area (Å²) < 4.78 is -0.653. The average Bonchev–Trinajstić information content (AvgIpc) is 2.00. The second kappa shape index (κ2) is 5.49. The van der Waals surface area contributed by atoms with Crippen LogP contribution in [0.3, 0.4) is 0 Å². The van der Waals surface area contributed by atoms with Crippen LogP contribution in [0, 0.1) is 0 Å². The molecule has 0 aliphatic rings. The first-order chi connectivity index (χ1) is 6.64. The Balaban J connectivity index is 4.20. The Morgan fingerprint density at radius 3 is 1.93 bits per heavy atom. The summed E-state index contributed by atoms with van der Waals surface area (Å²) in [6, 6.07) is -0.439. The molecule has 0 spiro atoms. The smallest absolute Gasteiger partial charge is 0.242 e. The fourth-order valence-electron chi connectivity index (χ4n) is 0.843. The highest BCUT2D eigenvalue weighted by Crippen LogP contribution is 2.15. The fraction of sp³-hybridized carbons (Fsp3) is 0.800. The number of nitrogens with one attached hydrogen (secondary N) is 2. The molecule has 0 bridgehead atoms. The van der Waals surface area contributed by atoms with Crippen LogP contribution < -0.4 is 10.6 Å². The maximum Gasteiger partial charge on any atom is 0.242 e. The highest BCUT2D eigenvalue weighted by atomic mass is 79.9. The zero-order chi connectivity index (χ0) is 12.2. The van der Waals surface area contributed by atoms with Crippen LogP contribution in [0.5, 0.6) is 0 Å². The number of hydrogen-bond acceptors (Lipinski definition) is 2. The predicted octanol–water partition coefficient (Wildman–Crippen LogP) is 1.19. The molecule has 0 rings (SSSR count). The molecule has 1 atom stereocenters. The predicted molar refractivity (Wildman–Crippen MR) is 63.9 cm³/mol. The number of carbonyl (C=O) groups is 2. The van der Waals surface area contributed by atoms with Crippen molar-refractivity contribution in [3.63, 3.8) is 0 Å². The first-order valence-electron chi connectivity index (χ1n) is 4.95. The van der Waals surface area contributed by atoms with Gasteiger partial charge in [0.25, 0.3) is 0 Å². The van der Waals surface area contributed by atoms with Gasteiger partial charge in [0.1, 0.15) is 6.04 Å². The second-order valence-electron chi connectivity index (χ2n) is 4.33. The van der Waals surface area contributed by atoms with Gasteiger partial charge in [-0.25, -0.2) is 0 Å². The Hall–Kier alpha value is -0.580. The largest absolute Gasteiger partial charge is 0.352 e. The van der Waals surface area contributed by atoms with Gasteiger partial charge < -0.3 is 10.6 Å². The summed E-state index contributed by atoms with van der Waals surface area (Å²) in [6.07, 6.45) is 0. The minimum absolute atomic E-state index is 0.0776. The van der Waals surface area contributed by atoms with Crippen molar-refractivity contribution in [2.75, 3.05) is 0 Å². The summed E-state index contributed by atoms with van der Waals surface area (Å²) in [7, 11) is 0. The van der Waals surface area contributed by atoms with E-state index in [1.165, 1.54) is 0 Å². The molecule has 1 unspecified atom stereocenters. The van der Waals surface area contributed by atoms with Gasteiger partial charge in [0.15, 0.2) is 0 Å². The molecule has 0 heterocycles. The van der Waals surface area contributed by atoms with E-state index in [-0.39, 0.29) is 17.9 Å². The van der Waals surface area contributed by atoms with E-state index in [1.807, 2.05) is 13.8 Å². The number of hydrogen-bond donors (Lipinski definition) is 2. The first kappa shape index (κ1) is 14.4. The maximum absolute atomic E-state index is 11.5. The summed E-state index contributed by atoms with van der Waals surface area (Å²) in [5, 5.41) is 5.36. The molecule has 5 heteroatoms. The Labute approximate surface area is 99.3 Å². The van der Waals surface area contributed by atoms with Crippen molar-refractivity contribution in [3.8, 4) is 0 Å². The molecular formula is C10H19BrN2O2. The van der Waals surface area contributed by atoms with E-state index in [1.54, 1.807) is 20.8 Å². The van der Waals surface area contributed by atoms with E-state index in [4.69, 9.17) is 0 Å². The lowest BCUT2D eigenvalue weighted by Gasteiger charge is -2.20. The van der Waals surface area contributed by atoms with Gasteiger partial charge in [-0.05, 0) is 34.6 Å². The summed E-state index contributed by atoms with van der Waals surface area (Å²) in [4.78, 5) is 23.0. The van der Waals surface area contributed by atoms with Crippen molar-refractivity contribution in [2.45, 2.75) is 51.0 Å². The molecule has 0 saturated carbocycles. The highest BCUT2D eigenvalue weighted by Gasteiger charge is 2.26. The Morgan fingerprint density at radius 2 is 1.60 bits per heavy atom. The highest BCUT2D eigenvalue weighted by molar-refractivity contribution is 9.10. The monoisotopic (exact) mass is 278 g/mol. The molecule has 0 aromatic carbocycles. The molecule has 0 aliphatic carbocycles. The summed E-state index contributed by atoms with van der Waals surface area (Å²) in [5.74, 6) is -0.371. The van der Waals surface area contributed by atoms with E-state index < -0.39 is 10.4 Å². The van der Waals surface area contributed by atoms with E-state index >= 15 is 0 Å². The van der Waals surface area contributed by atoms with Gasteiger partial charge in [0.05, 0.1) is 4.32 Å². The molecule has 0 aromatic heterocycles. The van der Waals surface area contributed by atoms with Crippen LogP contribution >= 0.6 is 15.9 Å². The number of halogens is 1. The van der Waals surface area contributed by atoms with Crippen molar-refractivity contribution in [1.82, 2.24) is 10.6 Å². The molecule has 0 saturated heterocycles. The molecule has 15 heavy (non-hydrogen) atoms. The van der Waals surface area contributed by atoms with Crippen LogP contribution in [0.15, 0.2) is 0 Å². The van der Waals surface area contributed by atoms with Crippen molar-refractivity contribution in [2.24, 2.45) is 0 Å². The molecule has 4 nitrogen and oxygen atoms in total. The molecule has 0 radical (unpaired) electrons. The minimum atomic E-state index is -0.653. The van der Waals surface area contributed by atoms with Gasteiger partial charge in [0.2, 0.25) is 11.8 Å². The van der Waals surface area contributed by atoms with Gasteiger partial charge in [-0.15, -0.1) is 0 Å². The number of alkyl halides is 1. The molecule has 0 fully saturated rings. The van der Waals surface area contributed by atoms with Crippen LogP contribution in [0.1, 0.15) is 34.6 Å². The van der Waals surface area contributed by atoms with Crippen LogP contribution in [0.2, 0.25) is 0 Å². The quantitative estimate of drug-likeness (QED) is 0.759. The lowest BCUT2D eigenvalue weighted by molar-refractivity contribution is -0.129. The van der Waals surface area contributed by atoms with Gasteiger partial charge in [0, 0.05) is 6.04 Å². The molecule has 2 N–H and O–H groups in total. The number of carbonyl (C=O) groups excluding carboxylic acids is 2. The van der Waals surface area contributed by atoms with Crippen LogP contribution in [0.4, 0.5) is 0 Å². The minimum Gasteiger partial charge on any atom is -0.352 e. The molecule has 88 valence electrons. The number of amides is 2. The van der Waals surface area contributed by atoms with E-state index in [0.29, 0.717) is 0 Å². The third kappa shape index (κ3) is 5.77. The fourth-order valence-corrected chi connectivity index (χ4v) is 0.958. The topological polar surface area (TPSA) is 58.2 Å². The molecule has 0 aliphatic heterocycles. The summed E-state index contributed by atoms with van der Waals surface area (Å²) in [6.45, 7) is 8.88. The van der Waals surface area contributed by atoms with Crippen molar-refractivity contribution in [3.05, 3.63) is 0 Å². The van der Waals surface area contributed by atoms with Gasteiger partial charge >= 0.3 is 0 Å². The second-order valence-corrected chi connectivity index (χ2v) is 6.31. The van der Waals surface area contributed by atoms with Crippen LogP contribution in [-0.4, -0.2) is 28.2 Å². The van der Waals surface area contributed by atoms with E-state index in [9.17, 15) is 9.59 Å². The van der Waals surface area contributed by atoms with Crippen molar-refractivity contribution in [1.29, 1.82) is 0 Å². The lowest BCUT2D eigenvalue weighted by Crippen LogP contribution is -2.50. The molecular weight excluding hydrogens is 260 g/mol. The maximum atomic E-state index is 11.5.